The maximum atomic E-state index is 10.5. The van der Waals surface area contributed by atoms with Gasteiger partial charge in [0, 0.05) is 9.58 Å². The van der Waals surface area contributed by atoms with Crippen LogP contribution in [0.25, 0.3) is 10.1 Å². The predicted molar refractivity (Wildman–Crippen MR) is 117 cm³/mol. The highest BCUT2D eigenvalue weighted by atomic mass is 32.2. The van der Waals surface area contributed by atoms with Gasteiger partial charge in [0.15, 0.2) is 0 Å². The number of nitrogens with one attached hydrogen (secondary N) is 1. The summed E-state index contributed by atoms with van der Waals surface area (Å²) < 4.78 is 31.0. The highest BCUT2D eigenvalue weighted by Crippen LogP contribution is 2.35. The Balaban J connectivity index is 0.000000178. The Labute approximate surface area is 171 Å². The van der Waals surface area contributed by atoms with Gasteiger partial charge in [-0.3, -0.25) is 4.55 Å². The third kappa shape index (κ3) is 5.41. The Morgan fingerprint density at radius 2 is 1.75 bits per heavy atom. The molecule has 1 aromatic heterocycles. The molecule has 6 heteroatoms. The second-order valence-electron chi connectivity index (χ2n) is 7.19. The van der Waals surface area contributed by atoms with E-state index >= 15 is 0 Å². The SMILES string of the molecule is CCc1ccc2sc(C3CCNCC3)cc2c1.Cc1ccc(S(=O)(=O)O)cc1. The first-order chi connectivity index (χ1) is 13.4. The summed E-state index contributed by atoms with van der Waals surface area (Å²) in [6.07, 6.45) is 3.73. The molecule has 1 aliphatic rings. The predicted octanol–water partition coefficient (Wildman–Crippen LogP) is 5.17. The molecule has 150 valence electrons. The zero-order chi connectivity index (χ0) is 20.1. The van der Waals surface area contributed by atoms with Gasteiger partial charge in [-0.2, -0.15) is 8.42 Å². The Bertz CT molecular complexity index is 1020. The van der Waals surface area contributed by atoms with Crippen LogP contribution in [0.15, 0.2) is 53.4 Å². The van der Waals surface area contributed by atoms with Gasteiger partial charge >= 0.3 is 0 Å². The minimum atomic E-state index is -4.02. The maximum absolute atomic E-state index is 10.5. The zero-order valence-electron chi connectivity index (χ0n) is 16.3. The normalized spacial score (nSPS) is 15.2. The van der Waals surface area contributed by atoms with Crippen molar-refractivity contribution in [3.63, 3.8) is 0 Å². The molecule has 1 fully saturated rings. The molecule has 0 unspecified atom stereocenters. The lowest BCUT2D eigenvalue weighted by atomic mass is 9.96. The number of hydrogen-bond donors (Lipinski definition) is 2. The number of thiophene rings is 1. The second-order valence-corrected chi connectivity index (χ2v) is 9.72. The first-order valence-electron chi connectivity index (χ1n) is 9.64. The van der Waals surface area contributed by atoms with Crippen molar-refractivity contribution in [2.75, 3.05) is 13.1 Å². The molecule has 0 bridgehead atoms. The average molecular weight is 418 g/mol. The van der Waals surface area contributed by atoms with E-state index in [2.05, 4.69) is 36.5 Å². The van der Waals surface area contributed by atoms with Crippen molar-refractivity contribution in [1.82, 2.24) is 5.32 Å². The fraction of sp³-hybridized carbons (Fsp3) is 0.364. The maximum Gasteiger partial charge on any atom is 0.294 e. The summed E-state index contributed by atoms with van der Waals surface area (Å²) in [4.78, 5) is 1.53. The molecule has 2 aromatic carbocycles. The molecule has 2 N–H and O–H groups in total. The van der Waals surface area contributed by atoms with Gasteiger partial charge in [-0.05, 0) is 80.4 Å². The summed E-state index contributed by atoms with van der Waals surface area (Å²) in [7, 11) is -4.02. The van der Waals surface area contributed by atoms with Gasteiger partial charge in [-0.1, -0.05) is 36.8 Å². The number of rotatable bonds is 3. The fourth-order valence-electron chi connectivity index (χ4n) is 3.35. The molecular formula is C22H27NO3S2. The molecule has 3 aromatic rings. The third-order valence-corrected chi connectivity index (χ3v) is 7.21. The van der Waals surface area contributed by atoms with Crippen molar-refractivity contribution in [1.29, 1.82) is 0 Å². The molecule has 2 heterocycles. The molecule has 0 atom stereocenters. The first-order valence-corrected chi connectivity index (χ1v) is 11.9. The monoisotopic (exact) mass is 417 g/mol. The smallest absolute Gasteiger partial charge is 0.294 e. The van der Waals surface area contributed by atoms with Gasteiger partial charge in [-0.15, -0.1) is 11.3 Å². The van der Waals surface area contributed by atoms with Crippen LogP contribution < -0.4 is 5.32 Å². The highest BCUT2D eigenvalue weighted by Gasteiger charge is 2.17. The third-order valence-electron chi connectivity index (χ3n) is 5.07. The van der Waals surface area contributed by atoms with Gasteiger partial charge in [0.25, 0.3) is 10.1 Å². The minimum Gasteiger partial charge on any atom is -0.317 e. The quantitative estimate of drug-likeness (QED) is 0.577. The highest BCUT2D eigenvalue weighted by molar-refractivity contribution is 7.85. The number of fused-ring (bicyclic) bond motifs is 1. The molecule has 0 amide bonds. The zero-order valence-corrected chi connectivity index (χ0v) is 17.9. The van der Waals surface area contributed by atoms with E-state index in [-0.39, 0.29) is 4.90 Å². The van der Waals surface area contributed by atoms with Gasteiger partial charge in [-0.25, -0.2) is 0 Å². The van der Waals surface area contributed by atoms with E-state index in [0.29, 0.717) is 0 Å². The van der Waals surface area contributed by atoms with E-state index in [1.807, 2.05) is 18.3 Å². The molecule has 28 heavy (non-hydrogen) atoms. The van der Waals surface area contributed by atoms with Crippen LogP contribution in [0.4, 0.5) is 0 Å². The summed E-state index contributed by atoms with van der Waals surface area (Å²) in [5.74, 6) is 0.790. The van der Waals surface area contributed by atoms with Crippen molar-refractivity contribution in [2.24, 2.45) is 0 Å². The number of piperidine rings is 1. The largest absolute Gasteiger partial charge is 0.317 e. The van der Waals surface area contributed by atoms with Gasteiger partial charge in [0.1, 0.15) is 0 Å². The van der Waals surface area contributed by atoms with Crippen LogP contribution in [-0.2, 0) is 16.5 Å². The van der Waals surface area contributed by atoms with Crippen molar-refractivity contribution < 1.29 is 13.0 Å². The van der Waals surface area contributed by atoms with Crippen LogP contribution in [-0.4, -0.2) is 26.1 Å². The van der Waals surface area contributed by atoms with Crippen LogP contribution >= 0.6 is 11.3 Å². The molecule has 4 nitrogen and oxygen atoms in total. The molecular weight excluding hydrogens is 390 g/mol. The van der Waals surface area contributed by atoms with Gasteiger partial charge in [0.2, 0.25) is 0 Å². The van der Waals surface area contributed by atoms with Gasteiger partial charge in [0.05, 0.1) is 4.90 Å². The first kappa shape index (κ1) is 21.0. The van der Waals surface area contributed by atoms with Crippen LogP contribution in [0, 0.1) is 6.92 Å². The van der Waals surface area contributed by atoms with Crippen LogP contribution in [0.5, 0.6) is 0 Å². The molecule has 0 radical (unpaired) electrons. The Hall–Kier alpha value is -1.73. The molecule has 0 spiro atoms. The van der Waals surface area contributed by atoms with E-state index < -0.39 is 10.1 Å². The van der Waals surface area contributed by atoms with Crippen molar-refractivity contribution in [2.45, 2.75) is 43.9 Å². The van der Waals surface area contributed by atoms with Crippen LogP contribution in [0.2, 0.25) is 0 Å². The standard InChI is InChI=1S/C15H19NS.C7H8O3S/c1-2-11-3-4-14-13(9-11)10-15(17-14)12-5-7-16-8-6-12;1-6-2-4-7(5-3-6)11(8,9)10/h3-4,9-10,12,16H,2,5-8H2,1H3;2-5H,1H3,(H,8,9,10). The Morgan fingerprint density at radius 3 is 2.36 bits per heavy atom. The van der Waals surface area contributed by atoms with E-state index in [1.165, 1.54) is 53.7 Å². The topological polar surface area (TPSA) is 66.4 Å². The summed E-state index contributed by atoms with van der Waals surface area (Å²) in [6.45, 7) is 6.42. The average Bonchev–Trinajstić information content (AvgIpc) is 3.12. The van der Waals surface area contributed by atoms with E-state index in [4.69, 9.17) is 4.55 Å². The number of benzene rings is 2. The van der Waals surface area contributed by atoms with E-state index in [0.717, 1.165) is 17.9 Å². The fourth-order valence-corrected chi connectivity index (χ4v) is 5.05. The Morgan fingerprint density at radius 1 is 1.07 bits per heavy atom. The summed E-state index contributed by atoms with van der Waals surface area (Å²) in [5, 5.41) is 4.89. The van der Waals surface area contributed by atoms with Crippen LogP contribution in [0.1, 0.15) is 41.7 Å². The van der Waals surface area contributed by atoms with E-state index in [1.54, 1.807) is 17.0 Å². The minimum absolute atomic E-state index is 0.0666. The lowest BCUT2D eigenvalue weighted by molar-refractivity contribution is 0.465. The molecule has 4 rings (SSSR count). The lowest BCUT2D eigenvalue weighted by Gasteiger charge is -2.21. The summed E-state index contributed by atoms with van der Waals surface area (Å²) in [6, 6.07) is 15.3. The summed E-state index contributed by atoms with van der Waals surface area (Å²) in [5.41, 5.74) is 2.41. The molecule has 1 saturated heterocycles. The number of aryl methyl sites for hydroxylation is 2. The van der Waals surface area contributed by atoms with Crippen molar-refractivity contribution in [3.05, 3.63) is 64.5 Å². The van der Waals surface area contributed by atoms with E-state index in [9.17, 15) is 8.42 Å². The van der Waals surface area contributed by atoms with Crippen molar-refractivity contribution in [3.8, 4) is 0 Å². The molecule has 1 aliphatic heterocycles. The Kier molecular flexibility index (Phi) is 6.88. The molecule has 0 saturated carbocycles. The second kappa shape index (κ2) is 9.18. The van der Waals surface area contributed by atoms with Crippen molar-refractivity contribution >= 4 is 31.5 Å². The molecule has 0 aliphatic carbocycles. The number of hydrogen-bond acceptors (Lipinski definition) is 4. The lowest BCUT2D eigenvalue weighted by Crippen LogP contribution is -2.26. The summed E-state index contributed by atoms with van der Waals surface area (Å²) >= 11 is 2.00. The van der Waals surface area contributed by atoms with Gasteiger partial charge < -0.3 is 5.32 Å². The van der Waals surface area contributed by atoms with Crippen LogP contribution in [0.3, 0.4) is 0 Å².